The maximum Gasteiger partial charge on any atom is 0.270 e. The van der Waals surface area contributed by atoms with Crippen LogP contribution in [0.4, 0.5) is 5.69 Å². The van der Waals surface area contributed by atoms with E-state index in [0.717, 1.165) is 32.8 Å². The Hall–Kier alpha value is -3.24. The third-order valence-corrected chi connectivity index (χ3v) is 4.76. The molecule has 10 nitrogen and oxygen atoms in total. The lowest BCUT2D eigenvalue weighted by Crippen LogP contribution is -2.41. The number of carbonyl (C=O) groups is 1. The average molecular weight is 384 g/mol. The number of amides is 1. The molecule has 1 aliphatic heterocycles. The Bertz CT molecular complexity index is 1000. The fourth-order valence-electron chi connectivity index (χ4n) is 3.23. The summed E-state index contributed by atoms with van der Waals surface area (Å²) < 4.78 is 5.31. The van der Waals surface area contributed by atoms with E-state index in [4.69, 9.17) is 4.74 Å². The van der Waals surface area contributed by atoms with E-state index in [9.17, 15) is 14.9 Å². The van der Waals surface area contributed by atoms with Crippen molar-refractivity contribution in [1.82, 2.24) is 25.4 Å². The molecule has 1 saturated heterocycles. The van der Waals surface area contributed by atoms with Crippen LogP contribution < -0.4 is 5.32 Å². The molecule has 4 rings (SSSR count). The first-order valence-corrected chi connectivity index (χ1v) is 9.02. The number of ether oxygens (including phenoxy) is 1. The van der Waals surface area contributed by atoms with E-state index < -0.39 is 4.92 Å². The van der Waals surface area contributed by atoms with Crippen molar-refractivity contribution in [2.45, 2.75) is 0 Å². The summed E-state index contributed by atoms with van der Waals surface area (Å²) in [6.07, 6.45) is 0. The average Bonchev–Trinajstić information content (AvgIpc) is 3.35. The van der Waals surface area contributed by atoms with Gasteiger partial charge in [0.15, 0.2) is 0 Å². The van der Waals surface area contributed by atoms with Crippen molar-refractivity contribution in [3.63, 3.8) is 0 Å². The molecule has 10 heteroatoms. The van der Waals surface area contributed by atoms with Gasteiger partial charge in [0, 0.05) is 43.7 Å². The standard InChI is InChI=1S/C18H20N6O4/c25-18(19-5-6-23-7-9-28-10-8-23)16-4-3-15(20-16)17-13-11-12(24(26)27)1-2-14(13)21-22-17/h1-4,11,20H,5-10H2,(H,19,25)(H,21,22). The van der Waals surface area contributed by atoms with Gasteiger partial charge in [-0.05, 0) is 18.2 Å². The minimum absolute atomic E-state index is 0.0113. The maximum absolute atomic E-state index is 12.4. The zero-order chi connectivity index (χ0) is 19.5. The number of nitrogens with one attached hydrogen (secondary N) is 3. The number of morpholine rings is 1. The molecule has 1 aliphatic rings. The number of rotatable bonds is 6. The lowest BCUT2D eigenvalue weighted by molar-refractivity contribution is -0.384. The lowest BCUT2D eigenvalue weighted by atomic mass is 10.1. The molecule has 1 fully saturated rings. The molecule has 3 heterocycles. The number of aromatic nitrogens is 3. The van der Waals surface area contributed by atoms with Gasteiger partial charge in [-0.15, -0.1) is 0 Å². The molecular weight excluding hydrogens is 364 g/mol. The van der Waals surface area contributed by atoms with Gasteiger partial charge >= 0.3 is 0 Å². The highest BCUT2D eigenvalue weighted by molar-refractivity contribution is 5.96. The Balaban J connectivity index is 1.45. The number of nitro benzene ring substituents is 1. The largest absolute Gasteiger partial charge is 0.379 e. The molecule has 0 unspecified atom stereocenters. The minimum Gasteiger partial charge on any atom is -0.379 e. The van der Waals surface area contributed by atoms with Crippen molar-refractivity contribution in [1.29, 1.82) is 0 Å². The first-order valence-electron chi connectivity index (χ1n) is 9.02. The zero-order valence-electron chi connectivity index (χ0n) is 15.1. The van der Waals surface area contributed by atoms with E-state index in [1.165, 1.54) is 12.1 Å². The fourth-order valence-corrected chi connectivity index (χ4v) is 3.23. The molecule has 3 aromatic rings. The zero-order valence-corrected chi connectivity index (χ0v) is 15.1. The van der Waals surface area contributed by atoms with Crippen LogP contribution in [-0.4, -0.2) is 70.3 Å². The molecule has 0 atom stereocenters. The summed E-state index contributed by atoms with van der Waals surface area (Å²) in [5, 5.41) is 21.6. The van der Waals surface area contributed by atoms with Crippen LogP contribution in [0.2, 0.25) is 0 Å². The van der Waals surface area contributed by atoms with Crippen LogP contribution in [0.1, 0.15) is 10.5 Å². The van der Waals surface area contributed by atoms with Gasteiger partial charge in [-0.1, -0.05) is 0 Å². The molecule has 146 valence electrons. The summed E-state index contributed by atoms with van der Waals surface area (Å²) in [4.78, 5) is 28.2. The second kappa shape index (κ2) is 7.79. The van der Waals surface area contributed by atoms with Crippen LogP contribution in [0.25, 0.3) is 22.3 Å². The maximum atomic E-state index is 12.4. The number of hydrogen-bond donors (Lipinski definition) is 3. The van der Waals surface area contributed by atoms with E-state index in [2.05, 4.69) is 25.4 Å². The molecule has 0 bridgehead atoms. The third-order valence-electron chi connectivity index (χ3n) is 4.76. The Morgan fingerprint density at radius 2 is 2.11 bits per heavy atom. The third kappa shape index (κ3) is 3.73. The Morgan fingerprint density at radius 3 is 2.89 bits per heavy atom. The predicted octanol–water partition coefficient (Wildman–Crippen LogP) is 1.53. The smallest absolute Gasteiger partial charge is 0.270 e. The van der Waals surface area contributed by atoms with E-state index in [-0.39, 0.29) is 11.6 Å². The van der Waals surface area contributed by atoms with Gasteiger partial charge in [0.05, 0.1) is 29.3 Å². The highest BCUT2D eigenvalue weighted by Gasteiger charge is 2.16. The summed E-state index contributed by atoms with van der Waals surface area (Å²) in [5.41, 5.74) is 2.24. The first-order chi connectivity index (χ1) is 13.6. The predicted molar refractivity (Wildman–Crippen MR) is 102 cm³/mol. The second-order valence-electron chi connectivity index (χ2n) is 6.55. The normalized spacial score (nSPS) is 15.0. The van der Waals surface area contributed by atoms with Crippen LogP contribution in [0.15, 0.2) is 30.3 Å². The molecule has 1 amide bonds. The monoisotopic (exact) mass is 384 g/mol. The fraction of sp³-hybridized carbons (Fsp3) is 0.333. The highest BCUT2D eigenvalue weighted by atomic mass is 16.6. The quantitative estimate of drug-likeness (QED) is 0.437. The van der Waals surface area contributed by atoms with Crippen LogP contribution in [0.5, 0.6) is 0 Å². The number of aromatic amines is 2. The molecule has 1 aromatic carbocycles. The number of carbonyl (C=O) groups excluding carboxylic acids is 1. The number of non-ortho nitro benzene ring substituents is 1. The van der Waals surface area contributed by atoms with Gasteiger partial charge in [-0.3, -0.25) is 24.9 Å². The van der Waals surface area contributed by atoms with Crippen molar-refractivity contribution in [2.24, 2.45) is 0 Å². The van der Waals surface area contributed by atoms with Crippen LogP contribution in [0.3, 0.4) is 0 Å². The van der Waals surface area contributed by atoms with Crippen molar-refractivity contribution in [2.75, 3.05) is 39.4 Å². The molecule has 28 heavy (non-hydrogen) atoms. The number of nitro groups is 1. The number of hydrogen-bond acceptors (Lipinski definition) is 6. The second-order valence-corrected chi connectivity index (χ2v) is 6.55. The number of nitrogens with zero attached hydrogens (tertiary/aromatic N) is 3. The SMILES string of the molecule is O=C(NCCN1CCOCC1)c1ccc(-c2n[nH]c3ccc([N+](=O)[O-])cc23)[nH]1. The summed E-state index contributed by atoms with van der Waals surface area (Å²) >= 11 is 0. The van der Waals surface area contributed by atoms with Gasteiger partial charge in [0.2, 0.25) is 0 Å². The van der Waals surface area contributed by atoms with Crippen molar-refractivity contribution in [3.05, 3.63) is 46.1 Å². The van der Waals surface area contributed by atoms with Crippen LogP contribution in [0, 0.1) is 10.1 Å². The van der Waals surface area contributed by atoms with E-state index in [0.29, 0.717) is 34.5 Å². The number of benzene rings is 1. The number of H-pyrrole nitrogens is 2. The van der Waals surface area contributed by atoms with Crippen molar-refractivity contribution in [3.8, 4) is 11.4 Å². The highest BCUT2D eigenvalue weighted by Crippen LogP contribution is 2.28. The van der Waals surface area contributed by atoms with Crippen molar-refractivity contribution < 1.29 is 14.5 Å². The van der Waals surface area contributed by atoms with Gasteiger partial charge in [0.25, 0.3) is 11.6 Å². The van der Waals surface area contributed by atoms with Gasteiger partial charge < -0.3 is 15.0 Å². The molecule has 2 aromatic heterocycles. The Kier molecular flexibility index (Phi) is 5.04. The van der Waals surface area contributed by atoms with Crippen LogP contribution in [-0.2, 0) is 4.74 Å². The summed E-state index contributed by atoms with van der Waals surface area (Å²) in [7, 11) is 0. The summed E-state index contributed by atoms with van der Waals surface area (Å²) in [6, 6.07) is 7.93. The van der Waals surface area contributed by atoms with Crippen molar-refractivity contribution >= 4 is 22.5 Å². The number of fused-ring (bicyclic) bond motifs is 1. The minimum atomic E-state index is -0.446. The van der Waals surface area contributed by atoms with E-state index >= 15 is 0 Å². The molecule has 0 saturated carbocycles. The first kappa shape index (κ1) is 18.1. The molecule has 0 aliphatic carbocycles. The topological polar surface area (TPSA) is 129 Å². The van der Waals surface area contributed by atoms with E-state index in [1.807, 2.05) is 0 Å². The van der Waals surface area contributed by atoms with Gasteiger partial charge in [-0.2, -0.15) is 5.10 Å². The van der Waals surface area contributed by atoms with Crippen LogP contribution >= 0.6 is 0 Å². The molecule has 0 spiro atoms. The summed E-state index contributed by atoms with van der Waals surface area (Å²) in [6.45, 7) is 4.52. The molecule has 0 radical (unpaired) electrons. The van der Waals surface area contributed by atoms with Gasteiger partial charge in [-0.25, -0.2) is 0 Å². The Morgan fingerprint density at radius 1 is 1.29 bits per heavy atom. The lowest BCUT2D eigenvalue weighted by Gasteiger charge is -2.26. The Labute approximate surface area is 160 Å². The van der Waals surface area contributed by atoms with Gasteiger partial charge in [0.1, 0.15) is 11.4 Å². The molecule has 3 N–H and O–H groups in total. The molecular formula is C18H20N6O4. The summed E-state index contributed by atoms with van der Waals surface area (Å²) in [5.74, 6) is -0.203. The van der Waals surface area contributed by atoms with E-state index in [1.54, 1.807) is 18.2 Å².